The van der Waals surface area contributed by atoms with E-state index in [1.807, 2.05) is 25.8 Å². The highest BCUT2D eigenvalue weighted by molar-refractivity contribution is 5.79. The fraction of sp³-hybridized carbons (Fsp3) is 0.917. The molecule has 0 aliphatic heterocycles. The van der Waals surface area contributed by atoms with Crippen molar-refractivity contribution in [1.82, 2.24) is 4.90 Å². The molecule has 0 aromatic heterocycles. The molecule has 1 amide bonds. The van der Waals surface area contributed by atoms with Crippen LogP contribution < -0.4 is 5.73 Å². The number of rotatable bonds is 6. The van der Waals surface area contributed by atoms with Crippen LogP contribution in [0.15, 0.2) is 0 Å². The van der Waals surface area contributed by atoms with E-state index in [0.29, 0.717) is 18.5 Å². The molecule has 0 aliphatic rings. The van der Waals surface area contributed by atoms with Crippen LogP contribution in [0, 0.1) is 11.8 Å². The molecule has 0 aromatic carbocycles. The SMILES string of the molecule is CCCC(C)N(C)C(=O)C(CN)C(C)C. The number of nitrogens with zero attached hydrogens (tertiary/aromatic N) is 1. The minimum absolute atomic E-state index is 0.0330. The highest BCUT2D eigenvalue weighted by Crippen LogP contribution is 2.15. The van der Waals surface area contributed by atoms with E-state index in [1.165, 1.54) is 0 Å². The van der Waals surface area contributed by atoms with Gasteiger partial charge in [-0.3, -0.25) is 4.79 Å². The lowest BCUT2D eigenvalue weighted by molar-refractivity contribution is -0.137. The lowest BCUT2D eigenvalue weighted by atomic mass is 9.94. The Hall–Kier alpha value is -0.570. The third-order valence-corrected chi connectivity index (χ3v) is 3.09. The van der Waals surface area contributed by atoms with Gasteiger partial charge in [-0.25, -0.2) is 0 Å². The van der Waals surface area contributed by atoms with Crippen molar-refractivity contribution in [2.75, 3.05) is 13.6 Å². The normalized spacial score (nSPS) is 15.1. The summed E-state index contributed by atoms with van der Waals surface area (Å²) in [5.41, 5.74) is 5.64. The topological polar surface area (TPSA) is 46.3 Å². The highest BCUT2D eigenvalue weighted by atomic mass is 16.2. The third kappa shape index (κ3) is 4.20. The predicted molar refractivity (Wildman–Crippen MR) is 64.5 cm³/mol. The van der Waals surface area contributed by atoms with Gasteiger partial charge in [0.05, 0.1) is 5.92 Å². The average molecular weight is 214 g/mol. The van der Waals surface area contributed by atoms with E-state index in [2.05, 4.69) is 13.8 Å². The van der Waals surface area contributed by atoms with Crippen LogP contribution >= 0.6 is 0 Å². The first-order valence-electron chi connectivity index (χ1n) is 5.92. The number of carbonyl (C=O) groups is 1. The fourth-order valence-corrected chi connectivity index (χ4v) is 1.75. The molecular weight excluding hydrogens is 188 g/mol. The molecule has 2 atom stereocenters. The number of nitrogens with two attached hydrogens (primary N) is 1. The molecule has 0 saturated heterocycles. The Morgan fingerprint density at radius 1 is 1.33 bits per heavy atom. The van der Waals surface area contributed by atoms with Crippen molar-refractivity contribution >= 4 is 5.91 Å². The van der Waals surface area contributed by atoms with Crippen molar-refractivity contribution in [1.29, 1.82) is 0 Å². The first-order valence-corrected chi connectivity index (χ1v) is 5.92. The molecule has 15 heavy (non-hydrogen) atoms. The Morgan fingerprint density at radius 3 is 2.20 bits per heavy atom. The quantitative estimate of drug-likeness (QED) is 0.733. The maximum Gasteiger partial charge on any atom is 0.227 e. The molecule has 2 N–H and O–H groups in total. The second kappa shape index (κ2) is 6.83. The zero-order valence-corrected chi connectivity index (χ0v) is 10.8. The van der Waals surface area contributed by atoms with Gasteiger partial charge in [0.15, 0.2) is 0 Å². The van der Waals surface area contributed by atoms with Crippen LogP contribution in [-0.4, -0.2) is 30.4 Å². The van der Waals surface area contributed by atoms with Crippen LogP contribution in [0.25, 0.3) is 0 Å². The summed E-state index contributed by atoms with van der Waals surface area (Å²) < 4.78 is 0. The van der Waals surface area contributed by atoms with Gasteiger partial charge in [-0.1, -0.05) is 27.2 Å². The number of hydrogen-bond acceptors (Lipinski definition) is 2. The molecule has 2 unspecified atom stereocenters. The second-order valence-electron chi connectivity index (χ2n) is 4.67. The summed E-state index contributed by atoms with van der Waals surface area (Å²) in [6, 6.07) is 0.315. The molecule has 0 spiro atoms. The van der Waals surface area contributed by atoms with Gasteiger partial charge in [0.1, 0.15) is 0 Å². The molecule has 90 valence electrons. The summed E-state index contributed by atoms with van der Waals surface area (Å²) >= 11 is 0. The maximum atomic E-state index is 12.1. The molecule has 0 radical (unpaired) electrons. The number of hydrogen-bond donors (Lipinski definition) is 1. The lowest BCUT2D eigenvalue weighted by Gasteiger charge is -2.30. The highest BCUT2D eigenvalue weighted by Gasteiger charge is 2.25. The Kier molecular flexibility index (Phi) is 6.57. The summed E-state index contributed by atoms with van der Waals surface area (Å²) in [5, 5.41) is 0. The zero-order valence-electron chi connectivity index (χ0n) is 10.8. The Bertz CT molecular complexity index is 192. The van der Waals surface area contributed by atoms with Crippen LogP contribution in [0.2, 0.25) is 0 Å². The molecule has 0 aliphatic carbocycles. The molecule has 0 fully saturated rings. The van der Waals surface area contributed by atoms with Gasteiger partial charge < -0.3 is 10.6 Å². The van der Waals surface area contributed by atoms with Gasteiger partial charge in [-0.2, -0.15) is 0 Å². The van der Waals surface area contributed by atoms with Crippen molar-refractivity contribution in [3.8, 4) is 0 Å². The Labute approximate surface area is 94.0 Å². The van der Waals surface area contributed by atoms with Crippen LogP contribution in [-0.2, 0) is 4.79 Å². The van der Waals surface area contributed by atoms with E-state index < -0.39 is 0 Å². The summed E-state index contributed by atoms with van der Waals surface area (Å²) in [5.74, 6) is 0.474. The summed E-state index contributed by atoms with van der Waals surface area (Å²) in [4.78, 5) is 13.9. The molecule has 0 bridgehead atoms. The minimum Gasteiger partial charge on any atom is -0.343 e. The van der Waals surface area contributed by atoms with Crippen molar-refractivity contribution in [2.45, 2.75) is 46.6 Å². The molecule has 0 saturated carbocycles. The zero-order chi connectivity index (χ0) is 12.0. The van der Waals surface area contributed by atoms with Crippen molar-refractivity contribution in [3.05, 3.63) is 0 Å². The van der Waals surface area contributed by atoms with Gasteiger partial charge in [0, 0.05) is 19.6 Å². The smallest absolute Gasteiger partial charge is 0.227 e. The Morgan fingerprint density at radius 2 is 1.87 bits per heavy atom. The monoisotopic (exact) mass is 214 g/mol. The molecular formula is C12H26N2O. The van der Waals surface area contributed by atoms with E-state index in [9.17, 15) is 4.79 Å². The molecule has 0 rings (SSSR count). The van der Waals surface area contributed by atoms with Crippen LogP contribution in [0.5, 0.6) is 0 Å². The van der Waals surface area contributed by atoms with Crippen LogP contribution in [0.3, 0.4) is 0 Å². The Balaban J connectivity index is 4.40. The molecule has 3 heteroatoms. The van der Waals surface area contributed by atoms with Crippen molar-refractivity contribution in [3.63, 3.8) is 0 Å². The summed E-state index contributed by atoms with van der Waals surface area (Å²) in [7, 11) is 1.88. The summed E-state index contributed by atoms with van der Waals surface area (Å²) in [6.07, 6.45) is 2.16. The van der Waals surface area contributed by atoms with E-state index in [0.717, 1.165) is 12.8 Å². The first kappa shape index (κ1) is 14.4. The average Bonchev–Trinajstić information content (AvgIpc) is 2.17. The van der Waals surface area contributed by atoms with Crippen molar-refractivity contribution < 1.29 is 4.79 Å². The van der Waals surface area contributed by atoms with Gasteiger partial charge in [0.25, 0.3) is 0 Å². The third-order valence-electron chi connectivity index (χ3n) is 3.09. The number of carbonyl (C=O) groups excluding carboxylic acids is 1. The van der Waals surface area contributed by atoms with Gasteiger partial charge >= 0.3 is 0 Å². The van der Waals surface area contributed by atoms with E-state index >= 15 is 0 Å². The minimum atomic E-state index is -0.0330. The van der Waals surface area contributed by atoms with Gasteiger partial charge in [0.2, 0.25) is 5.91 Å². The predicted octanol–water partition coefficient (Wildman–Crippen LogP) is 1.86. The molecule has 0 heterocycles. The van der Waals surface area contributed by atoms with Crippen LogP contribution in [0.4, 0.5) is 0 Å². The van der Waals surface area contributed by atoms with Crippen molar-refractivity contribution in [2.24, 2.45) is 17.6 Å². The molecule has 3 nitrogen and oxygen atoms in total. The molecule has 0 aromatic rings. The standard InChI is InChI=1S/C12H26N2O/c1-6-7-10(4)14(5)12(15)11(8-13)9(2)3/h9-11H,6-8,13H2,1-5H3. The van der Waals surface area contributed by atoms with Gasteiger partial charge in [-0.05, 0) is 19.3 Å². The maximum absolute atomic E-state index is 12.1. The van der Waals surface area contributed by atoms with E-state index in [-0.39, 0.29) is 11.8 Å². The second-order valence-corrected chi connectivity index (χ2v) is 4.67. The lowest BCUT2D eigenvalue weighted by Crippen LogP contribution is -2.43. The largest absolute Gasteiger partial charge is 0.343 e. The number of amides is 1. The van der Waals surface area contributed by atoms with Crippen LogP contribution in [0.1, 0.15) is 40.5 Å². The van der Waals surface area contributed by atoms with Gasteiger partial charge in [-0.15, -0.1) is 0 Å². The van der Waals surface area contributed by atoms with E-state index in [4.69, 9.17) is 5.73 Å². The summed E-state index contributed by atoms with van der Waals surface area (Å²) in [6.45, 7) is 8.77. The first-order chi connectivity index (χ1) is 6.95. The fourth-order valence-electron chi connectivity index (χ4n) is 1.75. The van der Waals surface area contributed by atoms with E-state index in [1.54, 1.807) is 0 Å².